The predicted molar refractivity (Wildman–Crippen MR) is 94.1 cm³/mol. The van der Waals surface area contributed by atoms with E-state index in [2.05, 4.69) is 10.2 Å². The highest BCUT2D eigenvalue weighted by molar-refractivity contribution is 6.30. The topological polar surface area (TPSA) is 85.4 Å². The van der Waals surface area contributed by atoms with Gasteiger partial charge in [-0.05, 0) is 17.7 Å². The minimum Gasteiger partial charge on any atom is -0.374 e. The Kier molecular flexibility index (Phi) is 7.07. The van der Waals surface area contributed by atoms with Crippen LogP contribution in [0.5, 0.6) is 0 Å². The third kappa shape index (κ3) is 5.53. The van der Waals surface area contributed by atoms with Gasteiger partial charge in [-0.1, -0.05) is 23.7 Å². The molecule has 0 radical (unpaired) electrons. The standard InChI is InChI=1S/C17H22ClN5O/c18-16-3-1-14(2-4-16)12-21-17(24)15(11-20)13-23-9-7-22(6-5-19)8-10-23/h1-4,13H,5-10,12,19H2,(H,21,24)/b15-13-. The second kappa shape index (κ2) is 9.28. The normalized spacial score (nSPS) is 15.9. The molecule has 1 heterocycles. The lowest BCUT2D eigenvalue weighted by Crippen LogP contribution is -2.46. The lowest BCUT2D eigenvalue weighted by molar-refractivity contribution is -0.117. The summed E-state index contributed by atoms with van der Waals surface area (Å²) in [7, 11) is 0. The van der Waals surface area contributed by atoms with Crippen LogP contribution in [-0.2, 0) is 11.3 Å². The summed E-state index contributed by atoms with van der Waals surface area (Å²) >= 11 is 5.83. The van der Waals surface area contributed by atoms with Crippen LogP contribution in [0.25, 0.3) is 0 Å². The maximum Gasteiger partial charge on any atom is 0.263 e. The summed E-state index contributed by atoms with van der Waals surface area (Å²) in [5.74, 6) is -0.364. The molecule has 1 aromatic rings. The Bertz CT molecular complexity index is 615. The molecule has 128 valence electrons. The smallest absolute Gasteiger partial charge is 0.263 e. The molecule has 1 aromatic carbocycles. The summed E-state index contributed by atoms with van der Waals surface area (Å²) in [6, 6.07) is 9.21. The van der Waals surface area contributed by atoms with Crippen molar-refractivity contribution in [3.8, 4) is 6.07 Å². The number of nitriles is 1. The predicted octanol–water partition coefficient (Wildman–Crippen LogP) is 0.940. The molecule has 1 aliphatic heterocycles. The number of amides is 1. The molecule has 0 aliphatic carbocycles. The van der Waals surface area contributed by atoms with Gasteiger partial charge in [0.25, 0.3) is 5.91 Å². The number of hydrogen-bond acceptors (Lipinski definition) is 5. The quantitative estimate of drug-likeness (QED) is 0.591. The molecule has 1 fully saturated rings. The minimum absolute atomic E-state index is 0.122. The summed E-state index contributed by atoms with van der Waals surface area (Å²) in [5, 5.41) is 12.7. The van der Waals surface area contributed by atoms with Crippen molar-refractivity contribution in [1.82, 2.24) is 15.1 Å². The fourth-order valence-electron chi connectivity index (χ4n) is 2.50. The number of hydrogen-bond donors (Lipinski definition) is 2. The van der Waals surface area contributed by atoms with Gasteiger partial charge in [0.15, 0.2) is 0 Å². The third-order valence-electron chi connectivity index (χ3n) is 3.90. The number of halogens is 1. The van der Waals surface area contributed by atoms with Crippen molar-refractivity contribution in [2.45, 2.75) is 6.54 Å². The monoisotopic (exact) mass is 347 g/mol. The van der Waals surface area contributed by atoms with Crippen LogP contribution in [0.1, 0.15) is 5.56 Å². The van der Waals surface area contributed by atoms with Gasteiger partial charge >= 0.3 is 0 Å². The van der Waals surface area contributed by atoms with Gasteiger partial charge in [0.1, 0.15) is 11.6 Å². The average molecular weight is 348 g/mol. The van der Waals surface area contributed by atoms with Crippen molar-refractivity contribution in [2.75, 3.05) is 39.3 Å². The Morgan fingerprint density at radius 2 is 1.96 bits per heavy atom. The number of rotatable bonds is 6. The molecule has 0 aromatic heterocycles. The zero-order valence-electron chi connectivity index (χ0n) is 13.5. The molecule has 1 saturated heterocycles. The molecule has 6 nitrogen and oxygen atoms in total. The highest BCUT2D eigenvalue weighted by atomic mass is 35.5. The molecule has 7 heteroatoms. The summed E-state index contributed by atoms with van der Waals surface area (Å²) in [5.41, 5.74) is 6.61. The summed E-state index contributed by atoms with van der Waals surface area (Å²) in [6.45, 7) is 5.23. The van der Waals surface area contributed by atoms with Gasteiger partial charge < -0.3 is 16.0 Å². The average Bonchev–Trinajstić information content (AvgIpc) is 2.60. The maximum atomic E-state index is 12.2. The second-order valence-electron chi connectivity index (χ2n) is 5.63. The van der Waals surface area contributed by atoms with E-state index in [9.17, 15) is 10.1 Å². The largest absolute Gasteiger partial charge is 0.374 e. The molecular weight excluding hydrogens is 326 g/mol. The molecule has 2 rings (SSSR count). The van der Waals surface area contributed by atoms with Crippen molar-refractivity contribution < 1.29 is 4.79 Å². The lowest BCUT2D eigenvalue weighted by Gasteiger charge is -2.33. The first-order valence-corrected chi connectivity index (χ1v) is 8.31. The molecule has 3 N–H and O–H groups in total. The number of nitrogens with one attached hydrogen (secondary N) is 1. The van der Waals surface area contributed by atoms with E-state index >= 15 is 0 Å². The Morgan fingerprint density at radius 3 is 2.54 bits per heavy atom. The van der Waals surface area contributed by atoms with E-state index in [0.29, 0.717) is 18.1 Å². The fraction of sp³-hybridized carbons (Fsp3) is 0.412. The third-order valence-corrected chi connectivity index (χ3v) is 4.15. The van der Waals surface area contributed by atoms with Gasteiger partial charge in [-0.25, -0.2) is 0 Å². The van der Waals surface area contributed by atoms with E-state index in [0.717, 1.165) is 38.3 Å². The molecule has 1 aliphatic rings. The summed E-state index contributed by atoms with van der Waals surface area (Å²) < 4.78 is 0. The number of nitrogens with zero attached hydrogens (tertiary/aromatic N) is 3. The minimum atomic E-state index is -0.364. The van der Waals surface area contributed by atoms with E-state index in [1.165, 1.54) is 0 Å². The number of carbonyl (C=O) groups excluding carboxylic acids is 1. The first-order valence-electron chi connectivity index (χ1n) is 7.93. The Balaban J connectivity index is 1.87. The van der Waals surface area contributed by atoms with Crippen LogP contribution in [0.15, 0.2) is 36.0 Å². The Labute approximate surface area is 147 Å². The van der Waals surface area contributed by atoms with Crippen LogP contribution >= 0.6 is 11.6 Å². The van der Waals surface area contributed by atoms with Gasteiger partial charge in [-0.3, -0.25) is 9.69 Å². The van der Waals surface area contributed by atoms with Gasteiger partial charge in [0.2, 0.25) is 0 Å². The molecule has 0 atom stereocenters. The van der Waals surface area contributed by atoms with Crippen molar-refractivity contribution in [3.05, 3.63) is 46.6 Å². The van der Waals surface area contributed by atoms with E-state index < -0.39 is 0 Å². The van der Waals surface area contributed by atoms with Crippen LogP contribution < -0.4 is 11.1 Å². The lowest BCUT2D eigenvalue weighted by atomic mass is 10.2. The highest BCUT2D eigenvalue weighted by Gasteiger charge is 2.16. The van der Waals surface area contributed by atoms with Crippen LogP contribution in [-0.4, -0.2) is 55.0 Å². The Morgan fingerprint density at radius 1 is 1.29 bits per heavy atom. The van der Waals surface area contributed by atoms with Gasteiger partial charge in [-0.15, -0.1) is 0 Å². The van der Waals surface area contributed by atoms with Gasteiger partial charge in [0.05, 0.1) is 0 Å². The zero-order chi connectivity index (χ0) is 17.4. The zero-order valence-corrected chi connectivity index (χ0v) is 14.3. The molecule has 1 amide bonds. The van der Waals surface area contributed by atoms with Crippen molar-refractivity contribution >= 4 is 17.5 Å². The van der Waals surface area contributed by atoms with Gasteiger partial charge in [0, 0.05) is 57.0 Å². The van der Waals surface area contributed by atoms with Crippen molar-refractivity contribution in [1.29, 1.82) is 5.26 Å². The SMILES string of the molecule is N#C/C(=C/N1CCN(CCN)CC1)C(=O)NCc1ccc(Cl)cc1. The molecule has 0 spiro atoms. The number of nitrogens with two attached hydrogens (primary N) is 1. The Hall–Kier alpha value is -2.07. The van der Waals surface area contributed by atoms with Crippen LogP contribution in [0.4, 0.5) is 0 Å². The molecule has 24 heavy (non-hydrogen) atoms. The number of piperazine rings is 1. The van der Waals surface area contributed by atoms with Crippen LogP contribution in [0.3, 0.4) is 0 Å². The fourth-order valence-corrected chi connectivity index (χ4v) is 2.63. The van der Waals surface area contributed by atoms with Crippen molar-refractivity contribution in [3.63, 3.8) is 0 Å². The molecule has 0 unspecified atom stereocenters. The van der Waals surface area contributed by atoms with Gasteiger partial charge in [-0.2, -0.15) is 5.26 Å². The van der Waals surface area contributed by atoms with Crippen molar-refractivity contribution in [2.24, 2.45) is 5.73 Å². The van der Waals surface area contributed by atoms with E-state index in [1.54, 1.807) is 18.3 Å². The van der Waals surface area contributed by atoms with Crippen LogP contribution in [0, 0.1) is 11.3 Å². The second-order valence-corrected chi connectivity index (χ2v) is 6.07. The van der Waals surface area contributed by atoms with Crippen LogP contribution in [0.2, 0.25) is 5.02 Å². The summed E-state index contributed by atoms with van der Waals surface area (Å²) in [4.78, 5) is 16.5. The molecule has 0 saturated carbocycles. The first kappa shape index (κ1) is 18.3. The highest BCUT2D eigenvalue weighted by Crippen LogP contribution is 2.10. The van der Waals surface area contributed by atoms with E-state index in [-0.39, 0.29) is 11.5 Å². The van der Waals surface area contributed by atoms with E-state index in [1.807, 2.05) is 23.1 Å². The first-order chi connectivity index (χ1) is 11.6. The number of carbonyl (C=O) groups is 1. The maximum absolute atomic E-state index is 12.2. The summed E-state index contributed by atoms with van der Waals surface area (Å²) in [6.07, 6.45) is 1.65. The number of benzene rings is 1. The molecular formula is C17H22ClN5O. The van der Waals surface area contributed by atoms with E-state index in [4.69, 9.17) is 17.3 Å². The molecule has 0 bridgehead atoms.